The summed E-state index contributed by atoms with van der Waals surface area (Å²) >= 11 is 0. The molecule has 3 rings (SSSR count). The van der Waals surface area contributed by atoms with Gasteiger partial charge in [-0.15, -0.1) is 0 Å². The van der Waals surface area contributed by atoms with E-state index in [1.165, 1.54) is 16.7 Å². The third kappa shape index (κ3) is 5.76. The van der Waals surface area contributed by atoms with Crippen LogP contribution in [0.5, 0.6) is 0 Å². The zero-order valence-electron chi connectivity index (χ0n) is 17.7. The van der Waals surface area contributed by atoms with Gasteiger partial charge in [0.05, 0.1) is 0 Å². The van der Waals surface area contributed by atoms with Crippen LogP contribution < -0.4 is 20.6 Å². The second-order valence-electron chi connectivity index (χ2n) is 7.73. The Morgan fingerprint density at radius 3 is 2.81 bits per heavy atom. The van der Waals surface area contributed by atoms with Gasteiger partial charge in [-0.1, -0.05) is 0 Å². The molecule has 2 heterocycles. The first-order valence-corrected chi connectivity index (χ1v) is 10.3. The van der Waals surface area contributed by atoms with Crippen LogP contribution in [0, 0.1) is 17.5 Å². The van der Waals surface area contributed by atoms with E-state index < -0.39 is 29.5 Å². The molecule has 2 atom stereocenters. The number of amides is 2. The summed E-state index contributed by atoms with van der Waals surface area (Å²) in [6, 6.07) is 3.23. The van der Waals surface area contributed by atoms with Gasteiger partial charge in [0.15, 0.2) is 11.6 Å². The van der Waals surface area contributed by atoms with Crippen LogP contribution in [0.3, 0.4) is 0 Å². The lowest BCUT2D eigenvalue weighted by molar-refractivity contribution is -0.885. The van der Waals surface area contributed by atoms with Crippen LogP contribution >= 0.6 is 0 Å². The summed E-state index contributed by atoms with van der Waals surface area (Å²) in [7, 11) is 1.51. The van der Waals surface area contributed by atoms with Gasteiger partial charge in [0.2, 0.25) is 24.2 Å². The van der Waals surface area contributed by atoms with Gasteiger partial charge in [0.1, 0.15) is 19.0 Å². The Kier molecular flexibility index (Phi) is 7.68. The lowest BCUT2D eigenvalue weighted by Gasteiger charge is -2.29. The zero-order valence-corrected chi connectivity index (χ0v) is 17.7. The van der Waals surface area contributed by atoms with Gasteiger partial charge in [-0.3, -0.25) is 14.4 Å². The molecule has 0 radical (unpaired) electrons. The molecule has 3 N–H and O–H groups in total. The van der Waals surface area contributed by atoms with Crippen LogP contribution in [0.2, 0.25) is 0 Å². The summed E-state index contributed by atoms with van der Waals surface area (Å²) < 4.78 is 42.0. The number of hydrogen-bond donors (Lipinski definition) is 2. The van der Waals surface area contributed by atoms with E-state index in [1.807, 2.05) is 6.07 Å². The highest BCUT2D eigenvalue weighted by molar-refractivity contribution is 5.88. The third-order valence-corrected chi connectivity index (χ3v) is 5.36. The Labute approximate surface area is 183 Å². The Morgan fingerprint density at radius 2 is 2.06 bits per heavy atom. The summed E-state index contributed by atoms with van der Waals surface area (Å²) in [4.78, 5) is 32.3. The average Bonchev–Trinajstić information content (AvgIpc) is 2.93. The monoisotopic (exact) mass is 451 g/mol. The molecule has 32 heavy (non-hydrogen) atoms. The molecule has 0 bridgehead atoms. The number of nitrogens with one attached hydrogen (secondary N) is 1. The maximum atomic E-state index is 13.9. The predicted octanol–water partition coefficient (Wildman–Crippen LogP) is 0.670. The van der Waals surface area contributed by atoms with Crippen molar-refractivity contribution in [3.8, 4) is 0 Å². The highest BCUT2D eigenvalue weighted by Crippen LogP contribution is 2.18. The van der Waals surface area contributed by atoms with Gasteiger partial charge in [-0.25, -0.2) is 13.2 Å². The van der Waals surface area contributed by atoms with Crippen molar-refractivity contribution in [2.45, 2.75) is 37.8 Å². The van der Waals surface area contributed by atoms with E-state index in [2.05, 4.69) is 5.32 Å². The Balaban J connectivity index is 1.73. The lowest BCUT2D eigenvalue weighted by Crippen LogP contribution is -2.50. The topological polar surface area (TPSA) is 88.5 Å². The van der Waals surface area contributed by atoms with Crippen molar-refractivity contribution in [3.63, 3.8) is 0 Å². The molecule has 10 heteroatoms. The summed E-state index contributed by atoms with van der Waals surface area (Å²) in [6.45, 7) is 0.795. The number of nitrogens with two attached hydrogens (primary N) is 1. The number of rotatable bonds is 7. The number of benzene rings is 1. The van der Waals surface area contributed by atoms with E-state index >= 15 is 0 Å². The molecule has 172 valence electrons. The van der Waals surface area contributed by atoms with Crippen molar-refractivity contribution in [2.24, 2.45) is 5.73 Å². The Hall–Kier alpha value is -3.14. The van der Waals surface area contributed by atoms with Crippen LogP contribution in [0.15, 0.2) is 36.7 Å². The van der Waals surface area contributed by atoms with Gasteiger partial charge in [0, 0.05) is 54.4 Å². The largest absolute Gasteiger partial charge is 0.354 e. The Morgan fingerprint density at radius 1 is 1.31 bits per heavy atom. The molecule has 0 saturated carbocycles. The van der Waals surface area contributed by atoms with Crippen LogP contribution in [0.1, 0.15) is 24.0 Å². The maximum absolute atomic E-state index is 13.9. The second kappa shape index (κ2) is 10.4. The molecule has 1 aromatic heterocycles. The fourth-order valence-corrected chi connectivity index (χ4v) is 3.75. The third-order valence-electron chi connectivity index (χ3n) is 5.36. The number of carbonyl (C=O) groups excluding carboxylic acids is 2. The second-order valence-corrected chi connectivity index (χ2v) is 7.73. The standard InChI is InChI=1S/C22H25F3N4O3/c1-32-28-6-2-4-14(13-28)8-20-22(31)27-5-3-7-29(20)21(30)11-16(26)9-15-10-18(24)19(25)12-17(15)23/h2,4,6,10,12-13,16,20H,3,5,7-9,11,26H2,1H3/p+1/t16-,20-/m1/s1. The molecular weight excluding hydrogens is 425 g/mol. The molecule has 2 aromatic rings. The number of aromatic nitrogens is 1. The minimum atomic E-state index is -1.29. The van der Waals surface area contributed by atoms with E-state index in [-0.39, 0.29) is 36.6 Å². The number of nitrogens with zero attached hydrogens (tertiary/aromatic N) is 2. The van der Waals surface area contributed by atoms with Gasteiger partial charge >= 0.3 is 0 Å². The minimum Gasteiger partial charge on any atom is -0.354 e. The van der Waals surface area contributed by atoms with Crippen molar-refractivity contribution in [1.82, 2.24) is 10.2 Å². The Bertz CT molecular complexity index is 989. The summed E-state index contributed by atoms with van der Waals surface area (Å²) in [5.41, 5.74) is 6.71. The lowest BCUT2D eigenvalue weighted by atomic mass is 10.0. The molecule has 1 aliphatic rings. The minimum absolute atomic E-state index is 0.109. The zero-order chi connectivity index (χ0) is 23.3. The van der Waals surface area contributed by atoms with E-state index in [0.717, 1.165) is 11.6 Å². The summed E-state index contributed by atoms with van der Waals surface area (Å²) in [6.07, 6.45) is 3.96. The maximum Gasteiger partial charge on any atom is 0.243 e. The smallest absolute Gasteiger partial charge is 0.243 e. The van der Waals surface area contributed by atoms with Crippen molar-refractivity contribution >= 4 is 11.8 Å². The van der Waals surface area contributed by atoms with Gasteiger partial charge in [-0.2, -0.15) is 0 Å². The SMILES string of the molecule is CO[n+]1cccc(C[C@@H]2C(=O)NCCCN2C(=O)C[C@H](N)Cc2cc(F)c(F)cc2F)c1. The van der Waals surface area contributed by atoms with Gasteiger partial charge in [-0.05, 0) is 30.5 Å². The highest BCUT2D eigenvalue weighted by Gasteiger charge is 2.33. The summed E-state index contributed by atoms with van der Waals surface area (Å²) in [5, 5.41) is 2.81. The first-order chi connectivity index (χ1) is 15.3. The molecular formula is C22H26F3N4O3+. The number of hydrogen-bond acceptors (Lipinski definition) is 4. The molecule has 1 fully saturated rings. The molecule has 2 amide bonds. The molecule has 1 aromatic carbocycles. The van der Waals surface area contributed by atoms with Crippen molar-refractivity contribution in [3.05, 3.63) is 65.2 Å². The van der Waals surface area contributed by atoms with Gasteiger partial charge < -0.3 is 16.0 Å². The van der Waals surface area contributed by atoms with Crippen molar-refractivity contribution in [2.75, 3.05) is 20.2 Å². The first kappa shape index (κ1) is 23.5. The van der Waals surface area contributed by atoms with E-state index in [9.17, 15) is 22.8 Å². The van der Waals surface area contributed by atoms with E-state index in [1.54, 1.807) is 18.5 Å². The molecule has 0 unspecified atom stereocenters. The van der Waals surface area contributed by atoms with Crippen LogP contribution in [0.4, 0.5) is 13.2 Å². The van der Waals surface area contributed by atoms with Gasteiger partial charge in [0.25, 0.3) is 0 Å². The van der Waals surface area contributed by atoms with Crippen molar-refractivity contribution < 1.29 is 32.3 Å². The fraction of sp³-hybridized carbons (Fsp3) is 0.409. The van der Waals surface area contributed by atoms with Crippen LogP contribution in [0.25, 0.3) is 0 Å². The normalized spacial score (nSPS) is 17.5. The average molecular weight is 451 g/mol. The molecule has 1 aliphatic heterocycles. The van der Waals surface area contributed by atoms with Crippen molar-refractivity contribution in [1.29, 1.82) is 0 Å². The molecule has 1 saturated heterocycles. The highest BCUT2D eigenvalue weighted by atomic mass is 19.2. The van der Waals surface area contributed by atoms with E-state index in [4.69, 9.17) is 10.6 Å². The fourth-order valence-electron chi connectivity index (χ4n) is 3.75. The predicted molar refractivity (Wildman–Crippen MR) is 109 cm³/mol. The quantitative estimate of drug-likeness (QED) is 0.479. The summed E-state index contributed by atoms with van der Waals surface area (Å²) in [5.74, 6) is -4.03. The number of carbonyl (C=O) groups is 2. The number of halogens is 3. The van der Waals surface area contributed by atoms with Crippen LogP contribution in [-0.2, 0) is 22.4 Å². The van der Waals surface area contributed by atoms with E-state index in [0.29, 0.717) is 25.6 Å². The van der Waals surface area contributed by atoms with Crippen LogP contribution in [-0.4, -0.2) is 49.0 Å². The molecule has 0 aliphatic carbocycles. The first-order valence-electron chi connectivity index (χ1n) is 10.3. The number of pyridine rings is 1. The molecule has 7 nitrogen and oxygen atoms in total. The molecule has 0 spiro atoms.